The van der Waals surface area contributed by atoms with Gasteiger partial charge in [0.15, 0.2) is 5.78 Å². The van der Waals surface area contributed by atoms with Crippen molar-refractivity contribution in [3.63, 3.8) is 0 Å². The average Bonchev–Trinajstić information content (AvgIpc) is 2.93. The third-order valence-electron chi connectivity index (χ3n) is 4.18. The van der Waals surface area contributed by atoms with E-state index in [1.807, 2.05) is 18.2 Å². The molecule has 3 rings (SSSR count). The van der Waals surface area contributed by atoms with Gasteiger partial charge in [0.1, 0.15) is 5.82 Å². The first-order valence-electron chi connectivity index (χ1n) is 8.25. The molecule has 0 aliphatic heterocycles. The summed E-state index contributed by atoms with van der Waals surface area (Å²) in [4.78, 5) is 16.3. The number of benzene rings is 2. The first-order chi connectivity index (χ1) is 11.1. The Balaban J connectivity index is 2.13. The van der Waals surface area contributed by atoms with E-state index < -0.39 is 0 Å². The van der Waals surface area contributed by atoms with Gasteiger partial charge in [-0.3, -0.25) is 9.36 Å². The number of aryl methyl sites for hydroxylation is 2. The van der Waals surface area contributed by atoms with Crippen molar-refractivity contribution in [1.29, 1.82) is 0 Å². The molecule has 0 aliphatic carbocycles. The summed E-state index contributed by atoms with van der Waals surface area (Å²) in [5, 5.41) is 0. The minimum Gasteiger partial charge on any atom is -0.296 e. The molecule has 3 nitrogen and oxygen atoms in total. The fourth-order valence-corrected chi connectivity index (χ4v) is 2.97. The Kier molecular flexibility index (Phi) is 4.28. The first kappa shape index (κ1) is 15.5. The van der Waals surface area contributed by atoms with Crippen LogP contribution >= 0.6 is 0 Å². The van der Waals surface area contributed by atoms with Crippen molar-refractivity contribution in [3.8, 4) is 5.69 Å². The molecular formula is C20H22N2O. The van der Waals surface area contributed by atoms with Crippen LogP contribution in [0, 0.1) is 0 Å². The van der Waals surface area contributed by atoms with E-state index in [2.05, 4.69) is 42.7 Å². The first-order valence-corrected chi connectivity index (χ1v) is 8.25. The highest BCUT2D eigenvalue weighted by Crippen LogP contribution is 2.24. The zero-order valence-electron chi connectivity index (χ0n) is 14.0. The van der Waals surface area contributed by atoms with Gasteiger partial charge in [-0.2, -0.15) is 0 Å². The molecule has 0 unspecified atom stereocenters. The highest BCUT2D eigenvalue weighted by molar-refractivity contribution is 5.97. The summed E-state index contributed by atoms with van der Waals surface area (Å²) in [5.74, 6) is 1.09. The maximum atomic E-state index is 11.6. The molecular weight excluding hydrogens is 284 g/mol. The smallest absolute Gasteiger partial charge is 0.159 e. The lowest BCUT2D eigenvalue weighted by Crippen LogP contribution is -2.00. The van der Waals surface area contributed by atoms with E-state index in [1.54, 1.807) is 6.92 Å². The molecule has 0 radical (unpaired) electrons. The van der Waals surface area contributed by atoms with E-state index in [1.165, 1.54) is 5.56 Å². The van der Waals surface area contributed by atoms with E-state index >= 15 is 0 Å². The Morgan fingerprint density at radius 1 is 1.09 bits per heavy atom. The summed E-state index contributed by atoms with van der Waals surface area (Å²) < 4.78 is 2.19. The van der Waals surface area contributed by atoms with Gasteiger partial charge in [-0.05, 0) is 49.2 Å². The van der Waals surface area contributed by atoms with Crippen molar-refractivity contribution < 1.29 is 4.79 Å². The molecule has 3 aromatic rings. The summed E-state index contributed by atoms with van der Waals surface area (Å²) in [7, 11) is 0. The molecule has 23 heavy (non-hydrogen) atoms. The van der Waals surface area contributed by atoms with Crippen LogP contribution < -0.4 is 0 Å². The van der Waals surface area contributed by atoms with Crippen LogP contribution in [-0.2, 0) is 12.8 Å². The Bertz CT molecular complexity index is 844. The predicted octanol–water partition coefficient (Wildman–Crippen LogP) is 4.74. The SMILES string of the molecule is CCCc1ccc(-n2c(CC)nc3cc(C(C)=O)ccc32)cc1. The van der Waals surface area contributed by atoms with Crippen molar-refractivity contribution in [2.75, 3.05) is 0 Å². The quantitative estimate of drug-likeness (QED) is 0.638. The minimum atomic E-state index is 0.0726. The van der Waals surface area contributed by atoms with Crippen LogP contribution in [0.2, 0.25) is 0 Å². The van der Waals surface area contributed by atoms with E-state index in [0.717, 1.165) is 41.8 Å². The third kappa shape index (κ3) is 2.91. The van der Waals surface area contributed by atoms with Gasteiger partial charge in [-0.1, -0.05) is 32.4 Å². The van der Waals surface area contributed by atoms with Crippen LogP contribution in [-0.4, -0.2) is 15.3 Å². The maximum Gasteiger partial charge on any atom is 0.159 e. The molecule has 0 saturated carbocycles. The number of aromatic nitrogens is 2. The lowest BCUT2D eigenvalue weighted by molar-refractivity contribution is 0.101. The Hall–Kier alpha value is -2.42. The summed E-state index contributed by atoms with van der Waals surface area (Å²) in [6.45, 7) is 5.89. The van der Waals surface area contributed by atoms with E-state index in [0.29, 0.717) is 5.56 Å². The molecule has 0 aliphatic rings. The fourth-order valence-electron chi connectivity index (χ4n) is 2.97. The monoisotopic (exact) mass is 306 g/mol. The van der Waals surface area contributed by atoms with Crippen LogP contribution in [0.1, 0.15) is 48.9 Å². The summed E-state index contributed by atoms with van der Waals surface area (Å²) in [6, 6.07) is 14.5. The number of carbonyl (C=O) groups is 1. The highest BCUT2D eigenvalue weighted by Gasteiger charge is 2.12. The molecule has 0 bridgehead atoms. The van der Waals surface area contributed by atoms with Gasteiger partial charge >= 0.3 is 0 Å². The number of carbonyl (C=O) groups excluding carboxylic acids is 1. The average molecular weight is 306 g/mol. The maximum absolute atomic E-state index is 11.6. The van der Waals surface area contributed by atoms with Gasteiger partial charge in [0.25, 0.3) is 0 Å². The minimum absolute atomic E-state index is 0.0726. The molecule has 0 fully saturated rings. The molecule has 0 saturated heterocycles. The molecule has 0 atom stereocenters. The number of nitrogens with zero attached hydrogens (tertiary/aromatic N) is 2. The number of hydrogen-bond acceptors (Lipinski definition) is 2. The van der Waals surface area contributed by atoms with Gasteiger partial charge in [-0.15, -0.1) is 0 Å². The number of imidazole rings is 1. The summed E-state index contributed by atoms with van der Waals surface area (Å²) >= 11 is 0. The summed E-state index contributed by atoms with van der Waals surface area (Å²) in [6.07, 6.45) is 3.11. The van der Waals surface area contributed by atoms with Crippen molar-refractivity contribution in [1.82, 2.24) is 9.55 Å². The zero-order chi connectivity index (χ0) is 16.4. The van der Waals surface area contributed by atoms with E-state index in [-0.39, 0.29) is 5.78 Å². The lowest BCUT2D eigenvalue weighted by Gasteiger charge is -2.09. The number of Topliss-reactive ketones (excluding diaryl/α,β-unsaturated/α-hetero) is 1. The lowest BCUT2D eigenvalue weighted by atomic mass is 10.1. The zero-order valence-corrected chi connectivity index (χ0v) is 14.0. The second-order valence-electron chi connectivity index (χ2n) is 5.89. The van der Waals surface area contributed by atoms with Crippen LogP contribution in [0.25, 0.3) is 16.7 Å². The van der Waals surface area contributed by atoms with Crippen LogP contribution in [0.5, 0.6) is 0 Å². The van der Waals surface area contributed by atoms with E-state index in [9.17, 15) is 4.79 Å². The van der Waals surface area contributed by atoms with Crippen LogP contribution in [0.15, 0.2) is 42.5 Å². The van der Waals surface area contributed by atoms with Gasteiger partial charge < -0.3 is 0 Å². The molecule has 0 N–H and O–H groups in total. The number of rotatable bonds is 5. The standard InChI is InChI=1S/C20H22N2O/c1-4-6-15-7-10-17(11-8-15)22-19-12-9-16(14(3)23)13-18(19)21-20(22)5-2/h7-13H,4-6H2,1-3H3. The van der Waals surface area contributed by atoms with Gasteiger partial charge in [0.2, 0.25) is 0 Å². The number of ketones is 1. The molecule has 1 heterocycles. The van der Waals surface area contributed by atoms with E-state index in [4.69, 9.17) is 4.98 Å². The van der Waals surface area contributed by atoms with Crippen LogP contribution in [0.4, 0.5) is 0 Å². The highest BCUT2D eigenvalue weighted by atomic mass is 16.1. The molecule has 0 amide bonds. The second kappa shape index (κ2) is 6.37. The Labute approximate surface area is 137 Å². The number of fused-ring (bicyclic) bond motifs is 1. The fraction of sp³-hybridized carbons (Fsp3) is 0.300. The van der Waals surface area contributed by atoms with Crippen molar-refractivity contribution in [2.45, 2.75) is 40.0 Å². The second-order valence-corrected chi connectivity index (χ2v) is 5.89. The molecule has 0 spiro atoms. The Morgan fingerprint density at radius 3 is 2.43 bits per heavy atom. The van der Waals surface area contributed by atoms with Crippen molar-refractivity contribution in [3.05, 3.63) is 59.4 Å². The van der Waals surface area contributed by atoms with Gasteiger partial charge in [-0.25, -0.2) is 4.98 Å². The third-order valence-corrected chi connectivity index (χ3v) is 4.18. The Morgan fingerprint density at radius 2 is 1.83 bits per heavy atom. The largest absolute Gasteiger partial charge is 0.296 e. The predicted molar refractivity (Wildman–Crippen MR) is 94.4 cm³/mol. The normalized spacial score (nSPS) is 11.1. The van der Waals surface area contributed by atoms with Crippen molar-refractivity contribution >= 4 is 16.8 Å². The van der Waals surface area contributed by atoms with Gasteiger partial charge in [0, 0.05) is 17.7 Å². The molecule has 118 valence electrons. The molecule has 2 aromatic carbocycles. The number of hydrogen-bond donors (Lipinski definition) is 0. The van der Waals surface area contributed by atoms with Gasteiger partial charge in [0.05, 0.1) is 11.0 Å². The molecule has 3 heteroatoms. The van der Waals surface area contributed by atoms with Crippen LogP contribution in [0.3, 0.4) is 0 Å². The summed E-state index contributed by atoms with van der Waals surface area (Å²) in [5.41, 5.74) is 5.13. The van der Waals surface area contributed by atoms with Crippen molar-refractivity contribution in [2.24, 2.45) is 0 Å². The topological polar surface area (TPSA) is 34.9 Å². The molecule has 1 aromatic heterocycles.